The van der Waals surface area contributed by atoms with E-state index in [9.17, 15) is 0 Å². The van der Waals surface area contributed by atoms with E-state index in [4.69, 9.17) is 11.5 Å². The summed E-state index contributed by atoms with van der Waals surface area (Å²) in [6.07, 6.45) is 0. The number of nitrogens with two attached hydrogens (primary N) is 2. The Balaban J connectivity index is 0.00000144. The summed E-state index contributed by atoms with van der Waals surface area (Å²) in [4.78, 5) is 0. The van der Waals surface area contributed by atoms with Crippen LogP contribution in [0.4, 0.5) is 0 Å². The van der Waals surface area contributed by atoms with Crippen molar-refractivity contribution in [1.82, 2.24) is 0 Å². The number of rotatable bonds is 3. The summed E-state index contributed by atoms with van der Waals surface area (Å²) in [5.74, 6) is 0. The van der Waals surface area contributed by atoms with Gasteiger partial charge in [-0.2, -0.15) is 0 Å². The molecule has 0 aliphatic carbocycles. The normalized spacial score (nSPS) is 13.5. The zero-order valence-corrected chi connectivity index (χ0v) is 10.3. The molecule has 3 heteroatoms. The van der Waals surface area contributed by atoms with Crippen molar-refractivity contribution >= 4 is 12.4 Å². The standard InChI is InChI=1S/C14H16N2.ClH/c15-13(11-7-3-1-4-8-11)14(16)12-9-5-2-6-10-12;/h1-10,13-14H,15-16H2;1H/t13-,14-;/m0./s1. The molecule has 0 amide bonds. The van der Waals surface area contributed by atoms with Crippen LogP contribution in [0.15, 0.2) is 60.7 Å². The van der Waals surface area contributed by atoms with Crippen LogP contribution in [-0.2, 0) is 0 Å². The molecule has 2 nitrogen and oxygen atoms in total. The molecule has 0 saturated heterocycles. The maximum atomic E-state index is 6.15. The number of hydrogen-bond acceptors (Lipinski definition) is 2. The van der Waals surface area contributed by atoms with Crippen molar-refractivity contribution in [2.45, 2.75) is 12.1 Å². The quantitative estimate of drug-likeness (QED) is 0.878. The molecule has 0 fully saturated rings. The van der Waals surface area contributed by atoms with Crippen LogP contribution in [0.3, 0.4) is 0 Å². The molecule has 17 heavy (non-hydrogen) atoms. The summed E-state index contributed by atoms with van der Waals surface area (Å²) < 4.78 is 0. The van der Waals surface area contributed by atoms with Gasteiger partial charge in [0, 0.05) is 12.1 Å². The van der Waals surface area contributed by atoms with Crippen molar-refractivity contribution in [1.29, 1.82) is 0 Å². The lowest BCUT2D eigenvalue weighted by Crippen LogP contribution is -2.26. The Morgan fingerprint density at radius 3 is 1.18 bits per heavy atom. The summed E-state index contributed by atoms with van der Waals surface area (Å²) in [6.45, 7) is 0. The molecule has 0 spiro atoms. The van der Waals surface area contributed by atoms with Crippen molar-refractivity contribution < 1.29 is 0 Å². The van der Waals surface area contributed by atoms with Crippen molar-refractivity contribution in [3.05, 3.63) is 71.8 Å². The molecule has 0 saturated carbocycles. The van der Waals surface area contributed by atoms with Gasteiger partial charge in [-0.15, -0.1) is 12.4 Å². The van der Waals surface area contributed by atoms with Gasteiger partial charge in [0.15, 0.2) is 0 Å². The predicted octanol–water partition coefficient (Wildman–Crippen LogP) is 2.81. The maximum absolute atomic E-state index is 6.15. The summed E-state index contributed by atoms with van der Waals surface area (Å²) in [5.41, 5.74) is 14.4. The van der Waals surface area contributed by atoms with E-state index in [0.717, 1.165) is 11.1 Å². The first-order valence-corrected chi connectivity index (χ1v) is 5.40. The monoisotopic (exact) mass is 248 g/mol. The Bertz CT molecular complexity index is 387. The molecular weight excluding hydrogens is 232 g/mol. The van der Waals surface area contributed by atoms with Crippen LogP contribution in [0.2, 0.25) is 0 Å². The van der Waals surface area contributed by atoms with Gasteiger partial charge in [0.05, 0.1) is 0 Å². The van der Waals surface area contributed by atoms with E-state index in [1.807, 2.05) is 60.7 Å². The first kappa shape index (κ1) is 13.7. The second-order valence-electron chi connectivity index (χ2n) is 3.87. The van der Waals surface area contributed by atoms with Crippen LogP contribution in [0, 0.1) is 0 Å². The van der Waals surface area contributed by atoms with E-state index in [-0.39, 0.29) is 24.5 Å². The second kappa shape index (κ2) is 6.40. The highest BCUT2D eigenvalue weighted by Gasteiger charge is 2.16. The van der Waals surface area contributed by atoms with Crippen molar-refractivity contribution in [3.8, 4) is 0 Å². The fourth-order valence-corrected chi connectivity index (χ4v) is 1.77. The highest BCUT2D eigenvalue weighted by atomic mass is 35.5. The molecule has 2 aromatic rings. The van der Waals surface area contributed by atoms with Crippen LogP contribution >= 0.6 is 12.4 Å². The molecule has 4 N–H and O–H groups in total. The topological polar surface area (TPSA) is 52.0 Å². The largest absolute Gasteiger partial charge is 0.322 e. The Hall–Kier alpha value is -1.35. The van der Waals surface area contributed by atoms with Crippen LogP contribution in [0.25, 0.3) is 0 Å². The van der Waals surface area contributed by atoms with E-state index < -0.39 is 0 Å². The average Bonchev–Trinajstić information content (AvgIpc) is 2.39. The van der Waals surface area contributed by atoms with Gasteiger partial charge in [0.25, 0.3) is 0 Å². The minimum absolute atomic E-state index is 0. The van der Waals surface area contributed by atoms with E-state index in [1.54, 1.807) is 0 Å². The lowest BCUT2D eigenvalue weighted by atomic mass is 9.95. The predicted molar refractivity (Wildman–Crippen MR) is 74.0 cm³/mol. The molecule has 0 aliphatic heterocycles. The molecular formula is C14H17ClN2. The van der Waals surface area contributed by atoms with Crippen molar-refractivity contribution in [2.75, 3.05) is 0 Å². The van der Waals surface area contributed by atoms with Gasteiger partial charge in [-0.1, -0.05) is 60.7 Å². The lowest BCUT2D eigenvalue weighted by molar-refractivity contribution is 0.574. The fourth-order valence-electron chi connectivity index (χ4n) is 1.77. The molecule has 2 rings (SSSR count). The Labute approximate surface area is 108 Å². The third-order valence-corrected chi connectivity index (χ3v) is 2.76. The lowest BCUT2D eigenvalue weighted by Gasteiger charge is -2.20. The molecule has 0 unspecified atom stereocenters. The smallest absolute Gasteiger partial charge is 0.0491 e. The first-order valence-electron chi connectivity index (χ1n) is 5.40. The summed E-state index contributed by atoms with van der Waals surface area (Å²) in [5, 5.41) is 0. The van der Waals surface area contributed by atoms with Crippen molar-refractivity contribution in [3.63, 3.8) is 0 Å². The highest BCUT2D eigenvalue weighted by molar-refractivity contribution is 5.85. The average molecular weight is 249 g/mol. The van der Waals surface area contributed by atoms with Crippen LogP contribution in [-0.4, -0.2) is 0 Å². The minimum atomic E-state index is -0.163. The van der Waals surface area contributed by atoms with E-state index in [1.165, 1.54) is 0 Å². The van der Waals surface area contributed by atoms with Gasteiger partial charge in [-0.25, -0.2) is 0 Å². The Kier molecular flexibility index (Phi) is 5.16. The van der Waals surface area contributed by atoms with Gasteiger partial charge in [-0.05, 0) is 11.1 Å². The molecule has 0 aromatic heterocycles. The van der Waals surface area contributed by atoms with Crippen LogP contribution in [0.1, 0.15) is 23.2 Å². The van der Waals surface area contributed by atoms with Crippen molar-refractivity contribution in [2.24, 2.45) is 11.5 Å². The third kappa shape index (κ3) is 3.30. The molecule has 0 bridgehead atoms. The van der Waals surface area contributed by atoms with Gasteiger partial charge in [-0.3, -0.25) is 0 Å². The third-order valence-electron chi connectivity index (χ3n) is 2.76. The first-order chi connectivity index (χ1) is 7.79. The molecule has 2 aromatic carbocycles. The van der Waals surface area contributed by atoms with Crippen LogP contribution < -0.4 is 11.5 Å². The molecule has 2 atom stereocenters. The molecule has 90 valence electrons. The zero-order chi connectivity index (χ0) is 11.4. The molecule has 0 heterocycles. The van der Waals surface area contributed by atoms with E-state index in [0.29, 0.717) is 0 Å². The maximum Gasteiger partial charge on any atom is 0.0491 e. The summed E-state index contributed by atoms with van der Waals surface area (Å²) in [6, 6.07) is 19.6. The minimum Gasteiger partial charge on any atom is -0.322 e. The summed E-state index contributed by atoms with van der Waals surface area (Å²) >= 11 is 0. The fraction of sp³-hybridized carbons (Fsp3) is 0.143. The summed E-state index contributed by atoms with van der Waals surface area (Å²) in [7, 11) is 0. The number of halogens is 1. The zero-order valence-electron chi connectivity index (χ0n) is 9.49. The number of hydrogen-bond donors (Lipinski definition) is 2. The van der Waals surface area contributed by atoms with Gasteiger partial charge in [0.1, 0.15) is 0 Å². The second-order valence-corrected chi connectivity index (χ2v) is 3.87. The SMILES string of the molecule is Cl.N[C@@H](c1ccccc1)[C@@H](N)c1ccccc1. The van der Waals surface area contributed by atoms with Gasteiger partial charge < -0.3 is 11.5 Å². The molecule has 0 aliphatic rings. The van der Waals surface area contributed by atoms with Crippen LogP contribution in [0.5, 0.6) is 0 Å². The highest BCUT2D eigenvalue weighted by Crippen LogP contribution is 2.23. The molecule has 0 radical (unpaired) electrons. The Morgan fingerprint density at radius 2 is 0.882 bits per heavy atom. The van der Waals surface area contributed by atoms with Gasteiger partial charge in [0.2, 0.25) is 0 Å². The number of benzene rings is 2. The van der Waals surface area contributed by atoms with E-state index >= 15 is 0 Å². The van der Waals surface area contributed by atoms with Gasteiger partial charge >= 0.3 is 0 Å². The van der Waals surface area contributed by atoms with E-state index in [2.05, 4.69) is 0 Å². The Morgan fingerprint density at radius 1 is 0.588 bits per heavy atom.